The highest BCUT2D eigenvalue weighted by molar-refractivity contribution is 9.10. The third-order valence-corrected chi connectivity index (χ3v) is 3.63. The van der Waals surface area contributed by atoms with Crippen molar-refractivity contribution in [3.05, 3.63) is 27.7 Å². The van der Waals surface area contributed by atoms with Crippen molar-refractivity contribution in [1.82, 2.24) is 4.90 Å². The van der Waals surface area contributed by atoms with E-state index in [1.165, 1.54) is 0 Å². The van der Waals surface area contributed by atoms with Gasteiger partial charge in [0.25, 0.3) is 0 Å². The van der Waals surface area contributed by atoms with Gasteiger partial charge in [0, 0.05) is 17.6 Å². The number of aliphatic hydroxyl groups excluding tert-OH is 1. The van der Waals surface area contributed by atoms with Crippen LogP contribution < -0.4 is 5.32 Å². The van der Waals surface area contributed by atoms with Crippen LogP contribution in [0.2, 0.25) is 5.02 Å². The Morgan fingerprint density at radius 1 is 1.61 bits per heavy atom. The molecule has 0 aliphatic carbocycles. The van der Waals surface area contributed by atoms with Gasteiger partial charge in [0.2, 0.25) is 5.91 Å². The van der Waals surface area contributed by atoms with Gasteiger partial charge in [0.1, 0.15) is 0 Å². The average Bonchev–Trinajstić information content (AvgIpc) is 2.68. The maximum atomic E-state index is 11.8. The molecular formula is C12H14BrClN2O2. The van der Waals surface area contributed by atoms with Crippen LogP contribution in [0.15, 0.2) is 22.7 Å². The van der Waals surface area contributed by atoms with Crippen LogP contribution in [0.3, 0.4) is 0 Å². The summed E-state index contributed by atoms with van der Waals surface area (Å²) in [5.74, 6) is -0.117. The summed E-state index contributed by atoms with van der Waals surface area (Å²) in [7, 11) is 0. The summed E-state index contributed by atoms with van der Waals surface area (Å²) >= 11 is 9.32. The SMILES string of the molecule is O=C(CN1CC[C@H](O)C1)Nc1ccc(Br)cc1Cl. The summed E-state index contributed by atoms with van der Waals surface area (Å²) in [6.07, 6.45) is 0.417. The number of halogens is 2. The number of amides is 1. The van der Waals surface area contributed by atoms with Crippen LogP contribution in [0.25, 0.3) is 0 Å². The molecule has 0 radical (unpaired) electrons. The molecule has 2 rings (SSSR count). The number of β-amino-alcohol motifs (C(OH)–C–C–N with tert-alkyl or cyclic N) is 1. The molecule has 1 amide bonds. The smallest absolute Gasteiger partial charge is 0.238 e. The predicted octanol–water partition coefficient (Wildman–Crippen LogP) is 2.11. The van der Waals surface area contributed by atoms with E-state index >= 15 is 0 Å². The second-order valence-electron chi connectivity index (χ2n) is 4.35. The van der Waals surface area contributed by atoms with Crippen molar-refractivity contribution in [1.29, 1.82) is 0 Å². The van der Waals surface area contributed by atoms with Crippen molar-refractivity contribution in [2.45, 2.75) is 12.5 Å². The van der Waals surface area contributed by atoms with Crippen molar-refractivity contribution in [3.8, 4) is 0 Å². The van der Waals surface area contributed by atoms with Crippen LogP contribution in [-0.4, -0.2) is 41.7 Å². The monoisotopic (exact) mass is 332 g/mol. The van der Waals surface area contributed by atoms with Gasteiger partial charge in [-0.25, -0.2) is 0 Å². The molecule has 1 aliphatic rings. The van der Waals surface area contributed by atoms with E-state index in [1.54, 1.807) is 12.1 Å². The third kappa shape index (κ3) is 3.68. The van der Waals surface area contributed by atoms with Crippen LogP contribution in [0.5, 0.6) is 0 Å². The molecule has 98 valence electrons. The molecule has 0 saturated carbocycles. The fourth-order valence-corrected chi connectivity index (χ4v) is 2.66. The first-order chi connectivity index (χ1) is 8.54. The highest BCUT2D eigenvalue weighted by Gasteiger charge is 2.22. The molecule has 0 aromatic heterocycles. The molecule has 0 spiro atoms. The Morgan fingerprint density at radius 3 is 3.00 bits per heavy atom. The van der Waals surface area contributed by atoms with Crippen LogP contribution >= 0.6 is 27.5 Å². The van der Waals surface area contributed by atoms with Crippen molar-refractivity contribution in [3.63, 3.8) is 0 Å². The molecule has 1 atom stereocenters. The van der Waals surface area contributed by atoms with Crippen LogP contribution in [0.1, 0.15) is 6.42 Å². The quantitative estimate of drug-likeness (QED) is 0.891. The minimum atomic E-state index is -0.311. The topological polar surface area (TPSA) is 52.6 Å². The van der Waals surface area contributed by atoms with E-state index in [4.69, 9.17) is 11.6 Å². The number of aliphatic hydroxyl groups is 1. The van der Waals surface area contributed by atoms with E-state index in [-0.39, 0.29) is 18.6 Å². The van der Waals surface area contributed by atoms with Crippen molar-refractivity contribution in [2.75, 3.05) is 25.0 Å². The molecular weight excluding hydrogens is 320 g/mol. The number of carbonyl (C=O) groups excluding carboxylic acids is 1. The molecule has 18 heavy (non-hydrogen) atoms. The number of anilines is 1. The van der Waals surface area contributed by atoms with Crippen LogP contribution in [-0.2, 0) is 4.79 Å². The Bertz CT molecular complexity index is 456. The third-order valence-electron chi connectivity index (χ3n) is 2.82. The highest BCUT2D eigenvalue weighted by atomic mass is 79.9. The van der Waals surface area contributed by atoms with E-state index in [9.17, 15) is 9.90 Å². The second kappa shape index (κ2) is 6.02. The number of nitrogens with one attached hydrogen (secondary N) is 1. The molecule has 1 aromatic carbocycles. The van der Waals surface area contributed by atoms with E-state index in [0.29, 0.717) is 17.3 Å². The number of carbonyl (C=O) groups is 1. The van der Waals surface area contributed by atoms with Gasteiger partial charge in [-0.2, -0.15) is 0 Å². The molecule has 1 aliphatic heterocycles. The Labute approximate surface area is 119 Å². The first-order valence-electron chi connectivity index (χ1n) is 5.70. The highest BCUT2D eigenvalue weighted by Crippen LogP contribution is 2.25. The Morgan fingerprint density at radius 2 is 2.39 bits per heavy atom. The fourth-order valence-electron chi connectivity index (χ4n) is 1.94. The number of nitrogens with zero attached hydrogens (tertiary/aromatic N) is 1. The van der Waals surface area contributed by atoms with Crippen LogP contribution in [0.4, 0.5) is 5.69 Å². The molecule has 1 fully saturated rings. The zero-order chi connectivity index (χ0) is 13.1. The summed E-state index contributed by atoms with van der Waals surface area (Å²) < 4.78 is 0.869. The maximum Gasteiger partial charge on any atom is 0.238 e. The zero-order valence-corrected chi connectivity index (χ0v) is 12.0. The zero-order valence-electron chi connectivity index (χ0n) is 9.70. The molecule has 1 saturated heterocycles. The lowest BCUT2D eigenvalue weighted by Gasteiger charge is -2.15. The molecule has 1 aromatic rings. The number of hydrogen-bond acceptors (Lipinski definition) is 3. The predicted molar refractivity (Wildman–Crippen MR) is 74.8 cm³/mol. The number of benzene rings is 1. The Kier molecular flexibility index (Phi) is 4.61. The van der Waals surface area contributed by atoms with E-state index in [1.807, 2.05) is 11.0 Å². The standard InChI is InChI=1S/C12H14BrClN2O2/c13-8-1-2-11(10(14)5-8)15-12(18)7-16-4-3-9(17)6-16/h1-2,5,9,17H,3-4,6-7H2,(H,15,18)/t9-/m0/s1. The number of rotatable bonds is 3. The lowest BCUT2D eigenvalue weighted by Crippen LogP contribution is -2.32. The van der Waals surface area contributed by atoms with Crippen LogP contribution in [0, 0.1) is 0 Å². The summed E-state index contributed by atoms with van der Waals surface area (Å²) in [4.78, 5) is 13.7. The fraction of sp³-hybridized carbons (Fsp3) is 0.417. The summed E-state index contributed by atoms with van der Waals surface area (Å²) in [5.41, 5.74) is 0.601. The minimum Gasteiger partial charge on any atom is -0.392 e. The number of hydrogen-bond donors (Lipinski definition) is 2. The lowest BCUT2D eigenvalue weighted by molar-refractivity contribution is -0.117. The van der Waals surface area contributed by atoms with Gasteiger partial charge in [-0.05, 0) is 24.6 Å². The van der Waals surface area contributed by atoms with Crippen molar-refractivity contribution >= 4 is 39.1 Å². The molecule has 6 heteroatoms. The van der Waals surface area contributed by atoms with E-state index < -0.39 is 0 Å². The molecule has 0 bridgehead atoms. The van der Waals surface area contributed by atoms with Gasteiger partial charge in [-0.3, -0.25) is 9.69 Å². The van der Waals surface area contributed by atoms with Gasteiger partial charge >= 0.3 is 0 Å². The second-order valence-corrected chi connectivity index (χ2v) is 5.67. The molecule has 1 heterocycles. The van der Waals surface area contributed by atoms with Gasteiger partial charge in [-0.15, -0.1) is 0 Å². The Hall–Kier alpha value is -0.620. The lowest BCUT2D eigenvalue weighted by atomic mass is 10.3. The van der Waals surface area contributed by atoms with Gasteiger partial charge in [0.15, 0.2) is 0 Å². The molecule has 2 N–H and O–H groups in total. The van der Waals surface area contributed by atoms with Crippen molar-refractivity contribution < 1.29 is 9.90 Å². The largest absolute Gasteiger partial charge is 0.392 e. The number of likely N-dealkylation sites (tertiary alicyclic amines) is 1. The first kappa shape index (κ1) is 13.8. The minimum absolute atomic E-state index is 0.117. The molecule has 0 unspecified atom stereocenters. The summed E-state index contributed by atoms with van der Waals surface area (Å²) in [6, 6.07) is 5.31. The Balaban J connectivity index is 1.91. The average molecular weight is 334 g/mol. The normalized spacial score (nSPS) is 20.1. The van der Waals surface area contributed by atoms with E-state index in [0.717, 1.165) is 17.4 Å². The van der Waals surface area contributed by atoms with Gasteiger partial charge in [0.05, 0.1) is 23.4 Å². The van der Waals surface area contributed by atoms with Crippen molar-refractivity contribution in [2.24, 2.45) is 0 Å². The molecule has 4 nitrogen and oxygen atoms in total. The van der Waals surface area contributed by atoms with E-state index in [2.05, 4.69) is 21.2 Å². The van der Waals surface area contributed by atoms with Gasteiger partial charge in [-0.1, -0.05) is 27.5 Å². The maximum absolute atomic E-state index is 11.8. The first-order valence-corrected chi connectivity index (χ1v) is 6.87. The summed E-state index contributed by atoms with van der Waals surface area (Å²) in [6.45, 7) is 1.59. The van der Waals surface area contributed by atoms with Gasteiger partial charge < -0.3 is 10.4 Å². The summed E-state index contributed by atoms with van der Waals surface area (Å²) in [5, 5.41) is 12.6.